The summed E-state index contributed by atoms with van der Waals surface area (Å²) >= 11 is 5.02. The highest BCUT2D eigenvalue weighted by Crippen LogP contribution is 2.42. The third kappa shape index (κ3) is 7.11. The van der Waals surface area contributed by atoms with Crippen LogP contribution < -0.4 is 10.6 Å². The number of nitrogens with zero attached hydrogens (tertiary/aromatic N) is 3. The molecule has 2 amide bonds. The lowest BCUT2D eigenvalue weighted by atomic mass is 9.77. The Hall–Kier alpha value is -3.99. The van der Waals surface area contributed by atoms with Crippen LogP contribution in [0.2, 0.25) is 19.6 Å². The van der Waals surface area contributed by atoms with Crippen LogP contribution in [-0.2, 0) is 29.2 Å². The lowest BCUT2D eigenvalue weighted by Crippen LogP contribution is -2.71. The van der Waals surface area contributed by atoms with E-state index in [1.807, 2.05) is 74.2 Å². The maximum atomic E-state index is 13.8. The van der Waals surface area contributed by atoms with Crippen LogP contribution in [0.25, 0.3) is 0 Å². The monoisotopic (exact) mass is 837 g/mol. The number of nitrogens with one attached hydrogen (secondary N) is 2. The zero-order valence-corrected chi connectivity index (χ0v) is 32.7. The highest BCUT2D eigenvalue weighted by Gasteiger charge is 2.55. The van der Waals surface area contributed by atoms with E-state index in [4.69, 9.17) is 14.2 Å². The van der Waals surface area contributed by atoms with Gasteiger partial charge in [-0.05, 0) is 41.9 Å². The summed E-state index contributed by atoms with van der Waals surface area (Å²) in [5, 5.41) is 12.4. The lowest BCUT2D eigenvalue weighted by molar-refractivity contribution is -0.149. The standard InChI is InChI=1S/C36H36IN5O5S2Si/c1-46-41-28(31(43)39-29-32(44)42-30(34(45)47-50(2,3)4)23(20-37)21-48-33(29)42)27-22-49-35(38-27)40-36(24-14-8-5-9-15-24,25-16-10-6-11-17-25)26-18-12-7-13-19-26/h5-19,22,29,33H,20-21H2,1-4H3,(H,38,40)(H,39,43)/t29?,33-/m0/s1. The number of oxime groups is 1. The molecule has 1 fully saturated rings. The first-order chi connectivity index (χ1) is 24.1. The predicted molar refractivity (Wildman–Crippen MR) is 209 cm³/mol. The second kappa shape index (κ2) is 15.1. The van der Waals surface area contributed by atoms with E-state index < -0.39 is 37.1 Å². The number of carbonyl (C=O) groups is 3. The topological polar surface area (TPSA) is 122 Å². The fourth-order valence-corrected chi connectivity index (χ4v) is 9.73. The van der Waals surface area contributed by atoms with Gasteiger partial charge in [0.2, 0.25) is 8.32 Å². The number of alkyl halides is 1. The van der Waals surface area contributed by atoms with Crippen molar-refractivity contribution in [3.8, 4) is 0 Å². The van der Waals surface area contributed by atoms with Gasteiger partial charge in [-0.25, -0.2) is 9.78 Å². The molecular weight excluding hydrogens is 802 g/mol. The molecule has 6 rings (SSSR count). The Morgan fingerprint density at radius 1 is 0.980 bits per heavy atom. The number of thioether (sulfide) groups is 1. The minimum atomic E-state index is -2.21. The number of halogens is 1. The molecule has 2 atom stereocenters. The summed E-state index contributed by atoms with van der Waals surface area (Å²) in [7, 11) is -0.863. The number of carbonyl (C=O) groups excluding carboxylic acids is 3. The van der Waals surface area contributed by atoms with Crippen molar-refractivity contribution in [2.24, 2.45) is 5.16 Å². The van der Waals surface area contributed by atoms with Crippen molar-refractivity contribution >= 4 is 82.6 Å². The molecule has 2 aliphatic rings. The van der Waals surface area contributed by atoms with Gasteiger partial charge in [0.1, 0.15) is 35.5 Å². The molecule has 2 aliphatic heterocycles. The van der Waals surface area contributed by atoms with Gasteiger partial charge in [0.25, 0.3) is 11.8 Å². The Morgan fingerprint density at radius 2 is 1.54 bits per heavy atom. The van der Waals surface area contributed by atoms with Gasteiger partial charge in [-0.15, -0.1) is 23.1 Å². The van der Waals surface area contributed by atoms with Gasteiger partial charge in [-0.2, -0.15) is 0 Å². The van der Waals surface area contributed by atoms with Gasteiger partial charge >= 0.3 is 5.97 Å². The average molecular weight is 838 g/mol. The van der Waals surface area contributed by atoms with Gasteiger partial charge in [-0.3, -0.25) is 14.5 Å². The number of benzene rings is 3. The third-order valence-corrected chi connectivity index (χ3v) is 12.0. The van der Waals surface area contributed by atoms with Crippen LogP contribution in [0, 0.1) is 0 Å². The van der Waals surface area contributed by atoms with Crippen LogP contribution >= 0.6 is 45.7 Å². The van der Waals surface area contributed by atoms with Crippen LogP contribution in [0.5, 0.6) is 0 Å². The summed E-state index contributed by atoms with van der Waals surface area (Å²) in [5.74, 6) is -0.929. The largest absolute Gasteiger partial charge is 0.515 e. The van der Waals surface area contributed by atoms with Crippen molar-refractivity contribution in [1.29, 1.82) is 0 Å². The van der Waals surface area contributed by atoms with E-state index >= 15 is 0 Å². The van der Waals surface area contributed by atoms with Crippen LogP contribution in [0.15, 0.2) is 113 Å². The molecule has 3 heterocycles. The van der Waals surface area contributed by atoms with Crippen molar-refractivity contribution in [2.45, 2.75) is 36.6 Å². The number of β-lactam (4-membered cyclic amide) rings is 1. The number of aromatic nitrogens is 1. The number of anilines is 1. The van der Waals surface area contributed by atoms with Gasteiger partial charge in [0.05, 0.1) is 0 Å². The molecule has 14 heteroatoms. The van der Waals surface area contributed by atoms with E-state index in [0.717, 1.165) is 22.3 Å². The van der Waals surface area contributed by atoms with E-state index in [9.17, 15) is 14.4 Å². The van der Waals surface area contributed by atoms with E-state index in [1.54, 1.807) is 5.38 Å². The van der Waals surface area contributed by atoms with Gasteiger partial charge < -0.3 is 19.9 Å². The molecule has 50 heavy (non-hydrogen) atoms. The maximum Gasteiger partial charge on any atom is 0.341 e. The number of rotatable bonds is 12. The zero-order valence-electron chi connectivity index (χ0n) is 27.9. The van der Waals surface area contributed by atoms with Crippen LogP contribution in [0.3, 0.4) is 0 Å². The van der Waals surface area contributed by atoms with Crippen LogP contribution in [0.4, 0.5) is 5.13 Å². The van der Waals surface area contributed by atoms with Crippen molar-refractivity contribution in [1.82, 2.24) is 15.2 Å². The first kappa shape index (κ1) is 35.8. The second-order valence-electron chi connectivity index (χ2n) is 12.6. The van der Waals surface area contributed by atoms with Crippen molar-refractivity contribution in [2.75, 3.05) is 22.6 Å². The highest BCUT2D eigenvalue weighted by molar-refractivity contribution is 14.1. The molecule has 1 aromatic heterocycles. The van der Waals surface area contributed by atoms with Crippen molar-refractivity contribution in [3.63, 3.8) is 0 Å². The quantitative estimate of drug-likeness (QED) is 0.0322. The molecule has 1 unspecified atom stereocenters. The molecule has 3 aromatic carbocycles. The number of thiazole rings is 1. The van der Waals surface area contributed by atoms with Gasteiger partial charge in [0, 0.05) is 15.6 Å². The van der Waals surface area contributed by atoms with Gasteiger partial charge in [0.15, 0.2) is 10.8 Å². The highest BCUT2D eigenvalue weighted by atomic mass is 127. The fourth-order valence-electron chi connectivity index (χ4n) is 5.99. The Kier molecular flexibility index (Phi) is 10.8. The zero-order chi connectivity index (χ0) is 35.5. The molecule has 258 valence electrons. The SMILES string of the molecule is CON=C(C(=O)NC1C(=O)N2C(C(=O)O[Si](C)(C)C)=C(CI)CS[C@@H]12)c1csc(NC(c2ccccc2)(c2ccccc2)c2ccccc2)n1. The van der Waals surface area contributed by atoms with Crippen LogP contribution in [0.1, 0.15) is 22.4 Å². The molecule has 4 aromatic rings. The minimum Gasteiger partial charge on any atom is -0.515 e. The van der Waals surface area contributed by atoms with Gasteiger partial charge in [-0.1, -0.05) is 119 Å². The van der Waals surface area contributed by atoms with E-state index in [-0.39, 0.29) is 17.3 Å². The summed E-state index contributed by atoms with van der Waals surface area (Å²) in [6.45, 7) is 5.77. The smallest absolute Gasteiger partial charge is 0.341 e. The average Bonchev–Trinajstić information content (AvgIpc) is 3.59. The maximum absolute atomic E-state index is 13.8. The van der Waals surface area contributed by atoms with Crippen molar-refractivity contribution in [3.05, 3.63) is 130 Å². The number of amides is 2. The third-order valence-electron chi connectivity index (χ3n) is 8.15. The lowest BCUT2D eigenvalue weighted by Gasteiger charge is -2.49. The Balaban J connectivity index is 1.27. The summed E-state index contributed by atoms with van der Waals surface area (Å²) in [5.41, 5.74) is 3.53. The molecule has 0 aliphatic carbocycles. The first-order valence-corrected chi connectivity index (χ1v) is 22.7. The predicted octanol–water partition coefficient (Wildman–Crippen LogP) is 6.36. The fraction of sp³-hybridized carbons (Fsp3) is 0.250. The Labute approximate surface area is 314 Å². The van der Waals surface area contributed by atoms with Crippen LogP contribution in [-0.4, -0.2) is 70.4 Å². The summed E-state index contributed by atoms with van der Waals surface area (Å²) in [6, 6.07) is 29.5. The van der Waals surface area contributed by atoms with Crippen molar-refractivity contribution < 1.29 is 23.6 Å². The number of fused-ring (bicyclic) bond motifs is 1. The molecule has 10 nitrogen and oxygen atoms in total. The summed E-state index contributed by atoms with van der Waals surface area (Å²) in [4.78, 5) is 51.9. The Morgan fingerprint density at radius 3 is 2.04 bits per heavy atom. The molecule has 0 spiro atoms. The summed E-state index contributed by atoms with van der Waals surface area (Å²) < 4.78 is 6.36. The normalized spacial score (nSPS) is 17.8. The molecule has 0 bridgehead atoms. The van der Waals surface area contributed by atoms with E-state index in [2.05, 4.69) is 74.8 Å². The first-order valence-electron chi connectivity index (χ1n) is 15.9. The molecular formula is C36H36IN5O5S2Si. The molecule has 0 saturated carbocycles. The molecule has 1 saturated heterocycles. The second-order valence-corrected chi connectivity index (χ2v) is 19.7. The molecule has 0 radical (unpaired) electrons. The Bertz CT molecular complexity index is 1840. The van der Waals surface area contributed by atoms with E-state index in [1.165, 1.54) is 35.1 Å². The number of hydrogen-bond acceptors (Lipinski definition) is 10. The van der Waals surface area contributed by atoms with E-state index in [0.29, 0.717) is 21.0 Å². The number of hydrogen-bond donors (Lipinski definition) is 2. The molecule has 2 N–H and O–H groups in total. The minimum absolute atomic E-state index is 0.0737. The summed E-state index contributed by atoms with van der Waals surface area (Å²) in [6.07, 6.45) is 0.